The van der Waals surface area contributed by atoms with Crippen LogP contribution in [0.4, 0.5) is 10.5 Å². The third-order valence-corrected chi connectivity index (χ3v) is 6.43. The number of hydrogen-bond acceptors (Lipinski definition) is 6. The van der Waals surface area contributed by atoms with Gasteiger partial charge in [0.2, 0.25) is 0 Å². The number of benzene rings is 3. The van der Waals surface area contributed by atoms with Crippen LogP contribution in [0.1, 0.15) is 49.5 Å². The van der Waals surface area contributed by atoms with Gasteiger partial charge in [-0.15, -0.1) is 0 Å². The number of anilines is 1. The summed E-state index contributed by atoms with van der Waals surface area (Å²) in [7, 11) is 1.36. The molecule has 0 spiro atoms. The topological polar surface area (TPSA) is 68.3 Å². The van der Waals surface area contributed by atoms with Gasteiger partial charge >= 0.3 is 12.1 Å². The van der Waals surface area contributed by atoms with Crippen LogP contribution in [0.15, 0.2) is 78.9 Å². The molecule has 0 N–H and O–H groups in total. The van der Waals surface area contributed by atoms with Gasteiger partial charge in [0.05, 0.1) is 12.7 Å². The number of nitrogens with zero attached hydrogens (tertiary/aromatic N) is 2. The molecule has 0 aliphatic carbocycles. The van der Waals surface area contributed by atoms with Crippen LogP contribution in [0.5, 0.6) is 11.5 Å². The second kappa shape index (κ2) is 12.0. The summed E-state index contributed by atoms with van der Waals surface area (Å²) in [6, 6.07) is 25.6. The van der Waals surface area contributed by atoms with Crippen LogP contribution in [0, 0.1) is 0 Å². The number of carbonyl (C=O) groups excluding carboxylic acids is 2. The third kappa shape index (κ3) is 7.28. The van der Waals surface area contributed by atoms with E-state index in [4.69, 9.17) is 14.2 Å². The number of amides is 1. The average Bonchev–Trinajstić information content (AvgIpc) is 2.92. The summed E-state index contributed by atoms with van der Waals surface area (Å²) >= 11 is 0. The number of likely N-dealkylation sites (tertiary alicyclic amines) is 1. The van der Waals surface area contributed by atoms with E-state index in [0.717, 1.165) is 25.1 Å². The molecule has 1 heterocycles. The molecule has 200 valence electrons. The lowest BCUT2D eigenvalue weighted by atomic mass is 10.0. The Morgan fingerprint density at radius 2 is 1.45 bits per heavy atom. The Labute approximate surface area is 224 Å². The molecule has 0 saturated carbocycles. The maximum absolute atomic E-state index is 12.6. The SMILES string of the molecule is COC(=O)c1ccc(Oc2ccc(N(Cc3ccccc3)C3CCN(C(=O)OC(C)(C)C)CC3)cc2)cc1. The molecule has 0 bridgehead atoms. The number of rotatable bonds is 7. The van der Waals surface area contributed by atoms with Crippen LogP contribution >= 0.6 is 0 Å². The average molecular weight is 517 g/mol. The van der Waals surface area contributed by atoms with Gasteiger partial charge in [-0.25, -0.2) is 9.59 Å². The number of esters is 1. The van der Waals surface area contributed by atoms with Crippen molar-refractivity contribution in [1.29, 1.82) is 0 Å². The third-order valence-electron chi connectivity index (χ3n) is 6.43. The summed E-state index contributed by atoms with van der Waals surface area (Å²) in [6.45, 7) is 7.77. The molecule has 38 heavy (non-hydrogen) atoms. The summed E-state index contributed by atoms with van der Waals surface area (Å²) in [5.74, 6) is 0.969. The molecule has 1 saturated heterocycles. The van der Waals surface area contributed by atoms with Crippen molar-refractivity contribution in [2.75, 3.05) is 25.1 Å². The number of ether oxygens (including phenoxy) is 3. The van der Waals surface area contributed by atoms with E-state index in [9.17, 15) is 9.59 Å². The Kier molecular flexibility index (Phi) is 8.56. The predicted molar refractivity (Wildman–Crippen MR) is 148 cm³/mol. The quantitative estimate of drug-likeness (QED) is 0.327. The van der Waals surface area contributed by atoms with E-state index >= 15 is 0 Å². The zero-order valence-electron chi connectivity index (χ0n) is 22.6. The zero-order valence-corrected chi connectivity index (χ0v) is 22.6. The fraction of sp³-hybridized carbons (Fsp3) is 0.355. The van der Waals surface area contributed by atoms with Gasteiger partial charge in [-0.1, -0.05) is 30.3 Å². The van der Waals surface area contributed by atoms with E-state index in [0.29, 0.717) is 30.2 Å². The van der Waals surface area contributed by atoms with Gasteiger partial charge < -0.3 is 24.0 Å². The Balaban J connectivity index is 1.46. The first kappa shape index (κ1) is 27.0. The predicted octanol–water partition coefficient (Wildman–Crippen LogP) is 6.67. The van der Waals surface area contributed by atoms with Gasteiger partial charge in [-0.3, -0.25) is 0 Å². The first-order valence-electron chi connectivity index (χ1n) is 13.0. The van der Waals surface area contributed by atoms with Gasteiger partial charge in [0.1, 0.15) is 17.1 Å². The van der Waals surface area contributed by atoms with E-state index < -0.39 is 5.60 Å². The monoisotopic (exact) mass is 516 g/mol. The van der Waals surface area contributed by atoms with Crippen molar-refractivity contribution in [1.82, 2.24) is 4.90 Å². The summed E-state index contributed by atoms with van der Waals surface area (Å²) in [5, 5.41) is 0. The van der Waals surface area contributed by atoms with Crippen LogP contribution in [0.2, 0.25) is 0 Å². The van der Waals surface area contributed by atoms with Crippen LogP contribution in [-0.4, -0.2) is 48.8 Å². The molecular weight excluding hydrogens is 480 g/mol. The van der Waals surface area contributed by atoms with Crippen LogP contribution in [0.3, 0.4) is 0 Å². The molecule has 3 aromatic carbocycles. The summed E-state index contributed by atoms with van der Waals surface area (Å²) in [4.78, 5) is 28.4. The fourth-order valence-electron chi connectivity index (χ4n) is 4.52. The van der Waals surface area contributed by atoms with E-state index in [1.54, 1.807) is 24.3 Å². The van der Waals surface area contributed by atoms with Crippen LogP contribution in [0.25, 0.3) is 0 Å². The molecule has 0 aromatic heterocycles. The minimum atomic E-state index is -0.500. The Morgan fingerprint density at radius 1 is 0.868 bits per heavy atom. The van der Waals surface area contributed by atoms with Gasteiger partial charge in [0.15, 0.2) is 0 Å². The largest absolute Gasteiger partial charge is 0.465 e. The Morgan fingerprint density at radius 3 is 2.00 bits per heavy atom. The van der Waals surface area contributed by atoms with Gasteiger partial charge in [-0.05, 0) is 87.7 Å². The minimum absolute atomic E-state index is 0.244. The Bertz CT molecular complexity index is 1200. The number of carbonyl (C=O) groups is 2. The molecule has 0 atom stereocenters. The normalized spacial score (nSPS) is 14.1. The lowest BCUT2D eigenvalue weighted by Crippen LogP contribution is -2.48. The van der Waals surface area contributed by atoms with Crippen molar-refractivity contribution in [3.05, 3.63) is 90.0 Å². The maximum Gasteiger partial charge on any atom is 0.410 e. The molecule has 1 amide bonds. The second-order valence-corrected chi connectivity index (χ2v) is 10.4. The second-order valence-electron chi connectivity index (χ2n) is 10.4. The molecule has 0 radical (unpaired) electrons. The standard InChI is InChI=1S/C31H36N2O5/c1-31(2,3)38-30(35)32-20-18-26(19-21-32)33(22-23-8-6-5-7-9-23)25-12-16-28(17-13-25)37-27-14-10-24(11-15-27)29(34)36-4/h5-17,26H,18-22H2,1-4H3. The molecular formula is C31H36N2O5. The highest BCUT2D eigenvalue weighted by Gasteiger charge is 2.30. The van der Waals surface area contributed by atoms with Crippen molar-refractivity contribution in [2.45, 2.75) is 51.8 Å². The zero-order chi connectivity index (χ0) is 27.1. The molecule has 7 nitrogen and oxygen atoms in total. The summed E-state index contributed by atoms with van der Waals surface area (Å²) < 4.78 is 16.3. The highest BCUT2D eigenvalue weighted by Crippen LogP contribution is 2.30. The fourth-order valence-corrected chi connectivity index (χ4v) is 4.52. The lowest BCUT2D eigenvalue weighted by Gasteiger charge is -2.40. The molecule has 0 unspecified atom stereocenters. The highest BCUT2D eigenvalue weighted by molar-refractivity contribution is 5.89. The first-order chi connectivity index (χ1) is 18.2. The van der Waals surface area contributed by atoms with Crippen molar-refractivity contribution >= 4 is 17.7 Å². The van der Waals surface area contributed by atoms with Gasteiger partial charge in [-0.2, -0.15) is 0 Å². The van der Waals surface area contributed by atoms with Gasteiger partial charge in [0.25, 0.3) is 0 Å². The molecule has 1 fully saturated rings. The first-order valence-corrected chi connectivity index (χ1v) is 13.0. The number of methoxy groups -OCH3 is 1. The molecule has 1 aliphatic rings. The van der Waals surface area contributed by atoms with E-state index in [1.807, 2.05) is 43.9 Å². The number of hydrogen-bond donors (Lipinski definition) is 0. The van der Waals surface area contributed by atoms with E-state index in [2.05, 4.69) is 41.3 Å². The molecule has 4 rings (SSSR count). The smallest absolute Gasteiger partial charge is 0.410 e. The van der Waals surface area contributed by atoms with Crippen LogP contribution in [-0.2, 0) is 16.0 Å². The minimum Gasteiger partial charge on any atom is -0.465 e. The molecule has 7 heteroatoms. The Hall–Kier alpha value is -4.00. The molecule has 3 aromatic rings. The van der Waals surface area contributed by atoms with Crippen molar-refractivity contribution < 1.29 is 23.8 Å². The van der Waals surface area contributed by atoms with Crippen molar-refractivity contribution in [2.24, 2.45) is 0 Å². The maximum atomic E-state index is 12.6. The summed E-state index contributed by atoms with van der Waals surface area (Å²) in [5.41, 5.74) is 2.30. The lowest BCUT2D eigenvalue weighted by molar-refractivity contribution is 0.0204. The van der Waals surface area contributed by atoms with Crippen LogP contribution < -0.4 is 9.64 Å². The molecule has 1 aliphatic heterocycles. The van der Waals surface area contributed by atoms with E-state index in [1.165, 1.54) is 12.7 Å². The van der Waals surface area contributed by atoms with E-state index in [-0.39, 0.29) is 18.1 Å². The van der Waals surface area contributed by atoms with Crippen molar-refractivity contribution in [3.63, 3.8) is 0 Å². The summed E-state index contributed by atoms with van der Waals surface area (Å²) in [6.07, 6.45) is 1.47. The van der Waals surface area contributed by atoms with Gasteiger partial charge in [0, 0.05) is 31.4 Å². The van der Waals surface area contributed by atoms with Crippen molar-refractivity contribution in [3.8, 4) is 11.5 Å². The highest BCUT2D eigenvalue weighted by atomic mass is 16.6. The number of piperidine rings is 1.